The third-order valence-corrected chi connectivity index (χ3v) is 4.88. The molecule has 1 unspecified atom stereocenters. The molecular weight excluding hydrogens is 296 g/mol. The molecule has 0 aromatic heterocycles. The highest BCUT2D eigenvalue weighted by atomic mass is 32.2. The molecule has 0 radical (unpaired) electrons. The molecule has 1 fully saturated rings. The first-order chi connectivity index (χ1) is 9.84. The normalized spacial score (nSPS) is 19.9. The van der Waals surface area contributed by atoms with Crippen LogP contribution >= 0.6 is 0 Å². The van der Waals surface area contributed by atoms with Gasteiger partial charge in [0.25, 0.3) is 0 Å². The van der Waals surface area contributed by atoms with Crippen LogP contribution in [0.15, 0.2) is 24.3 Å². The average Bonchev–Trinajstić information content (AvgIpc) is 2.67. The Balaban J connectivity index is 1.92. The number of hydrogen-bond donors (Lipinski definition) is 3. The van der Waals surface area contributed by atoms with E-state index in [1.807, 2.05) is 0 Å². The Morgan fingerprint density at radius 2 is 2.10 bits per heavy atom. The number of hydrogen-bond acceptors (Lipinski definition) is 4. The van der Waals surface area contributed by atoms with Gasteiger partial charge in [-0.1, -0.05) is 12.1 Å². The number of benzene rings is 1. The van der Waals surface area contributed by atoms with Crippen LogP contribution in [0.25, 0.3) is 0 Å². The number of carbonyl (C=O) groups excluding carboxylic acids is 1. The molecular formula is C13H16N2O5S. The Labute approximate surface area is 122 Å². The van der Waals surface area contributed by atoms with E-state index >= 15 is 0 Å². The molecule has 1 aromatic carbocycles. The Hall–Kier alpha value is -2.09. The van der Waals surface area contributed by atoms with Crippen LogP contribution < -0.4 is 10.6 Å². The van der Waals surface area contributed by atoms with Crippen molar-refractivity contribution in [1.29, 1.82) is 0 Å². The summed E-state index contributed by atoms with van der Waals surface area (Å²) in [7, 11) is -3.04. The van der Waals surface area contributed by atoms with Crippen molar-refractivity contribution in [2.24, 2.45) is 0 Å². The first kappa shape index (κ1) is 15.3. The summed E-state index contributed by atoms with van der Waals surface area (Å²) in [6, 6.07) is 5.63. The minimum absolute atomic E-state index is 0.0422. The maximum Gasteiger partial charge on any atom is 0.319 e. The molecule has 2 rings (SSSR count). The van der Waals surface area contributed by atoms with Gasteiger partial charge >= 0.3 is 12.0 Å². The van der Waals surface area contributed by atoms with Gasteiger partial charge in [0, 0.05) is 11.7 Å². The number of sulfone groups is 1. The van der Waals surface area contributed by atoms with Crippen molar-refractivity contribution < 1.29 is 23.1 Å². The second-order valence-electron chi connectivity index (χ2n) is 4.97. The van der Waals surface area contributed by atoms with Gasteiger partial charge in [0.1, 0.15) is 0 Å². The molecule has 2 amide bonds. The van der Waals surface area contributed by atoms with Gasteiger partial charge in [-0.05, 0) is 24.1 Å². The molecule has 1 aromatic rings. The van der Waals surface area contributed by atoms with Crippen molar-refractivity contribution in [3.63, 3.8) is 0 Å². The Morgan fingerprint density at radius 1 is 1.33 bits per heavy atom. The molecule has 7 nitrogen and oxygen atoms in total. The van der Waals surface area contributed by atoms with Crippen molar-refractivity contribution in [2.45, 2.75) is 18.9 Å². The number of aliphatic carboxylic acids is 1. The van der Waals surface area contributed by atoms with Crippen LogP contribution in [-0.4, -0.2) is 43.1 Å². The van der Waals surface area contributed by atoms with Crippen LogP contribution in [-0.2, 0) is 21.1 Å². The lowest BCUT2D eigenvalue weighted by Crippen LogP contribution is -2.38. The summed E-state index contributed by atoms with van der Waals surface area (Å²) < 4.78 is 22.6. The predicted octanol–water partition coefficient (Wildman–Crippen LogP) is 0.622. The van der Waals surface area contributed by atoms with E-state index in [2.05, 4.69) is 10.6 Å². The first-order valence-electron chi connectivity index (χ1n) is 6.43. The molecule has 21 heavy (non-hydrogen) atoms. The largest absolute Gasteiger partial charge is 0.481 e. The summed E-state index contributed by atoms with van der Waals surface area (Å²) in [6.07, 6.45) is 0.285. The number of anilines is 1. The van der Waals surface area contributed by atoms with Crippen LogP contribution in [0.4, 0.5) is 10.5 Å². The molecule has 1 aliphatic heterocycles. The minimum atomic E-state index is -3.04. The minimum Gasteiger partial charge on any atom is -0.481 e. The standard InChI is InChI=1S/C13H16N2O5S/c16-12(17)7-9-2-1-3-10(6-9)14-13(18)15-11-4-5-21(19,20)8-11/h1-3,6,11H,4-5,7-8H2,(H,16,17)(H2,14,15,18). The maximum atomic E-state index is 11.8. The number of urea groups is 1. The quantitative estimate of drug-likeness (QED) is 0.754. The van der Waals surface area contributed by atoms with Crippen molar-refractivity contribution in [2.75, 3.05) is 16.8 Å². The van der Waals surface area contributed by atoms with Crippen LogP contribution in [0, 0.1) is 0 Å². The van der Waals surface area contributed by atoms with E-state index in [-0.39, 0.29) is 24.0 Å². The molecule has 1 heterocycles. The Kier molecular flexibility index (Phi) is 4.46. The molecule has 3 N–H and O–H groups in total. The van der Waals surface area contributed by atoms with Gasteiger partial charge < -0.3 is 15.7 Å². The molecule has 1 saturated heterocycles. The fraction of sp³-hybridized carbons (Fsp3) is 0.385. The lowest BCUT2D eigenvalue weighted by atomic mass is 10.1. The van der Waals surface area contributed by atoms with E-state index in [9.17, 15) is 18.0 Å². The molecule has 1 atom stereocenters. The number of carboxylic acid groups (broad SMARTS) is 1. The molecule has 0 aliphatic carbocycles. The van der Waals surface area contributed by atoms with E-state index in [0.717, 1.165) is 0 Å². The number of carboxylic acids is 1. The van der Waals surface area contributed by atoms with Gasteiger partial charge in [-0.3, -0.25) is 4.79 Å². The highest BCUT2D eigenvalue weighted by Crippen LogP contribution is 2.13. The summed E-state index contributed by atoms with van der Waals surface area (Å²) in [5.74, 6) is -0.904. The topological polar surface area (TPSA) is 113 Å². The lowest BCUT2D eigenvalue weighted by molar-refractivity contribution is -0.136. The summed E-state index contributed by atoms with van der Waals surface area (Å²) in [6.45, 7) is 0. The smallest absolute Gasteiger partial charge is 0.319 e. The number of rotatable bonds is 4. The maximum absolute atomic E-state index is 11.8. The van der Waals surface area contributed by atoms with Crippen LogP contribution in [0.5, 0.6) is 0 Å². The highest BCUT2D eigenvalue weighted by molar-refractivity contribution is 7.91. The van der Waals surface area contributed by atoms with Crippen molar-refractivity contribution >= 4 is 27.5 Å². The predicted molar refractivity (Wildman–Crippen MR) is 77.0 cm³/mol. The zero-order valence-electron chi connectivity index (χ0n) is 11.2. The fourth-order valence-corrected chi connectivity index (χ4v) is 3.87. The number of carbonyl (C=O) groups is 2. The third-order valence-electron chi connectivity index (χ3n) is 3.11. The number of nitrogens with one attached hydrogen (secondary N) is 2. The highest BCUT2D eigenvalue weighted by Gasteiger charge is 2.28. The van der Waals surface area contributed by atoms with Gasteiger partial charge in [-0.2, -0.15) is 0 Å². The second kappa shape index (κ2) is 6.13. The summed E-state index contributed by atoms with van der Waals surface area (Å²) >= 11 is 0. The van der Waals surface area contributed by atoms with Gasteiger partial charge in [0.2, 0.25) is 0 Å². The van der Waals surface area contributed by atoms with Crippen molar-refractivity contribution in [3.8, 4) is 0 Å². The van der Waals surface area contributed by atoms with Crippen LogP contribution in [0.2, 0.25) is 0 Å². The molecule has 0 saturated carbocycles. The van der Waals surface area contributed by atoms with Gasteiger partial charge in [0.15, 0.2) is 9.84 Å². The van der Waals surface area contributed by atoms with E-state index in [0.29, 0.717) is 17.7 Å². The van der Waals surface area contributed by atoms with Crippen LogP contribution in [0.1, 0.15) is 12.0 Å². The van der Waals surface area contributed by atoms with Crippen LogP contribution in [0.3, 0.4) is 0 Å². The molecule has 1 aliphatic rings. The summed E-state index contributed by atoms with van der Waals surface area (Å²) in [5.41, 5.74) is 1.04. The average molecular weight is 312 g/mol. The summed E-state index contributed by atoms with van der Waals surface area (Å²) in [4.78, 5) is 22.4. The van der Waals surface area contributed by atoms with E-state index in [4.69, 9.17) is 5.11 Å². The third kappa shape index (κ3) is 4.75. The Morgan fingerprint density at radius 3 is 2.71 bits per heavy atom. The van der Waals surface area contributed by atoms with E-state index in [1.165, 1.54) is 0 Å². The van der Waals surface area contributed by atoms with E-state index in [1.54, 1.807) is 24.3 Å². The number of amides is 2. The van der Waals surface area contributed by atoms with Crippen molar-refractivity contribution in [1.82, 2.24) is 5.32 Å². The molecule has 8 heteroatoms. The molecule has 114 valence electrons. The molecule has 0 bridgehead atoms. The second-order valence-corrected chi connectivity index (χ2v) is 7.20. The summed E-state index contributed by atoms with van der Waals surface area (Å²) in [5, 5.41) is 13.9. The monoisotopic (exact) mass is 312 g/mol. The van der Waals surface area contributed by atoms with E-state index < -0.39 is 21.8 Å². The Bertz CT molecular complexity index is 656. The first-order valence-corrected chi connectivity index (χ1v) is 8.25. The lowest BCUT2D eigenvalue weighted by Gasteiger charge is -2.12. The van der Waals surface area contributed by atoms with Gasteiger partial charge in [-0.25, -0.2) is 13.2 Å². The SMILES string of the molecule is O=C(O)Cc1cccc(NC(=O)NC2CCS(=O)(=O)C2)c1. The molecule has 0 spiro atoms. The van der Waals surface area contributed by atoms with Crippen molar-refractivity contribution in [3.05, 3.63) is 29.8 Å². The fourth-order valence-electron chi connectivity index (χ4n) is 2.20. The van der Waals surface area contributed by atoms with Gasteiger partial charge in [-0.15, -0.1) is 0 Å². The zero-order chi connectivity index (χ0) is 15.5. The van der Waals surface area contributed by atoms with Gasteiger partial charge in [0.05, 0.1) is 17.9 Å². The zero-order valence-corrected chi connectivity index (χ0v) is 12.0.